The Labute approximate surface area is 199 Å². The fraction of sp³-hybridized carbons (Fsp3) is 0.591. The van der Waals surface area contributed by atoms with Gasteiger partial charge in [-0.15, -0.1) is 0 Å². The summed E-state index contributed by atoms with van der Waals surface area (Å²) in [6.45, 7) is 9.19. The zero-order valence-corrected chi connectivity index (χ0v) is 20.8. The summed E-state index contributed by atoms with van der Waals surface area (Å²) in [5.41, 5.74) is 0.218. The smallest absolute Gasteiger partial charge is 0.410 e. The van der Waals surface area contributed by atoms with Crippen molar-refractivity contribution in [2.75, 3.05) is 46.3 Å². The number of likely N-dealkylation sites (N-methyl/N-ethyl adjacent to an activating group) is 1. The molecule has 1 aliphatic rings. The van der Waals surface area contributed by atoms with Gasteiger partial charge >= 0.3 is 6.09 Å². The number of piperazine rings is 1. The van der Waals surface area contributed by atoms with Crippen molar-refractivity contribution in [3.63, 3.8) is 0 Å². The third-order valence-electron chi connectivity index (χ3n) is 4.91. The highest BCUT2D eigenvalue weighted by atomic mass is 35.5. The molecule has 0 aliphatic carbocycles. The van der Waals surface area contributed by atoms with Crippen molar-refractivity contribution in [1.82, 2.24) is 20.0 Å². The highest BCUT2D eigenvalue weighted by Crippen LogP contribution is 2.26. The number of halogens is 2. The molecular formula is C22H32Cl2N4O4. The molecule has 32 heavy (non-hydrogen) atoms. The molecule has 0 spiro atoms. The van der Waals surface area contributed by atoms with E-state index in [1.165, 1.54) is 0 Å². The van der Waals surface area contributed by atoms with E-state index in [0.717, 1.165) is 5.56 Å². The van der Waals surface area contributed by atoms with E-state index in [9.17, 15) is 14.4 Å². The van der Waals surface area contributed by atoms with E-state index in [1.54, 1.807) is 39.9 Å². The minimum atomic E-state index is -0.552. The fourth-order valence-electron chi connectivity index (χ4n) is 3.31. The highest BCUT2D eigenvalue weighted by molar-refractivity contribution is 6.35. The summed E-state index contributed by atoms with van der Waals surface area (Å²) in [7, 11) is 1.72. The molecule has 10 heteroatoms. The van der Waals surface area contributed by atoms with Crippen LogP contribution >= 0.6 is 23.2 Å². The van der Waals surface area contributed by atoms with E-state index in [4.69, 9.17) is 27.9 Å². The monoisotopic (exact) mass is 486 g/mol. The third kappa shape index (κ3) is 8.15. The Morgan fingerprint density at radius 3 is 2.25 bits per heavy atom. The van der Waals surface area contributed by atoms with Gasteiger partial charge in [0.1, 0.15) is 5.60 Å². The zero-order valence-electron chi connectivity index (χ0n) is 19.3. The molecule has 178 valence electrons. The highest BCUT2D eigenvalue weighted by Gasteiger charge is 2.28. The molecule has 0 unspecified atom stereocenters. The molecule has 0 saturated carbocycles. The molecule has 1 atom stereocenters. The lowest BCUT2D eigenvalue weighted by molar-refractivity contribution is -0.134. The van der Waals surface area contributed by atoms with Gasteiger partial charge < -0.3 is 19.9 Å². The number of carbonyl (C=O) groups excluding carboxylic acids is 3. The van der Waals surface area contributed by atoms with Crippen LogP contribution in [0.3, 0.4) is 0 Å². The van der Waals surface area contributed by atoms with E-state index in [0.29, 0.717) is 36.2 Å². The van der Waals surface area contributed by atoms with Gasteiger partial charge in [0.2, 0.25) is 11.8 Å². The summed E-state index contributed by atoms with van der Waals surface area (Å²) in [5.74, 6) is -0.300. The van der Waals surface area contributed by atoms with Gasteiger partial charge in [-0.25, -0.2) is 4.79 Å². The number of nitrogens with zero attached hydrogens (tertiary/aromatic N) is 3. The molecule has 1 aromatic carbocycles. The Hall–Kier alpha value is -2.03. The van der Waals surface area contributed by atoms with Crippen molar-refractivity contribution in [3.05, 3.63) is 33.8 Å². The van der Waals surface area contributed by atoms with Gasteiger partial charge in [0, 0.05) is 36.2 Å². The average molecular weight is 487 g/mol. The molecule has 1 N–H and O–H groups in total. The van der Waals surface area contributed by atoms with Crippen LogP contribution in [0.25, 0.3) is 0 Å². The fourth-order valence-corrected chi connectivity index (χ4v) is 3.89. The zero-order chi connectivity index (χ0) is 24.1. The van der Waals surface area contributed by atoms with Gasteiger partial charge in [0.05, 0.1) is 19.1 Å². The Morgan fingerprint density at radius 1 is 1.09 bits per heavy atom. The first-order chi connectivity index (χ1) is 14.9. The van der Waals surface area contributed by atoms with E-state index < -0.39 is 5.60 Å². The van der Waals surface area contributed by atoms with Gasteiger partial charge in [-0.2, -0.15) is 0 Å². The first-order valence-electron chi connectivity index (χ1n) is 10.5. The number of benzene rings is 1. The standard InChI is InChI=1S/C22H32Cl2N4O4/c1-15(17-7-6-16(23)12-18(17)24)25-19(29)13-26(5)14-20(30)27-8-10-28(11-9-27)21(31)32-22(2,3)4/h6-7,12,15H,8-11,13-14H2,1-5H3,(H,25,29)/t15-/m0/s1. The maximum atomic E-state index is 12.6. The number of carbonyl (C=O) groups is 3. The topological polar surface area (TPSA) is 82.2 Å². The largest absolute Gasteiger partial charge is 0.444 e. The molecule has 8 nitrogen and oxygen atoms in total. The Kier molecular flexibility index (Phi) is 9.18. The predicted octanol–water partition coefficient (Wildman–Crippen LogP) is 3.18. The van der Waals surface area contributed by atoms with Crippen LogP contribution in [-0.2, 0) is 14.3 Å². The summed E-state index contributed by atoms with van der Waals surface area (Å²) in [5, 5.41) is 3.90. The van der Waals surface area contributed by atoms with Gasteiger partial charge in [0.15, 0.2) is 0 Å². The van der Waals surface area contributed by atoms with Crippen molar-refractivity contribution < 1.29 is 19.1 Å². The third-order valence-corrected chi connectivity index (χ3v) is 5.47. The molecule has 0 aromatic heterocycles. The number of hydrogen-bond donors (Lipinski definition) is 1. The van der Waals surface area contributed by atoms with Crippen LogP contribution in [0.4, 0.5) is 4.79 Å². The first-order valence-corrected chi connectivity index (χ1v) is 11.3. The second kappa shape index (κ2) is 11.2. The maximum absolute atomic E-state index is 12.6. The van der Waals surface area contributed by atoms with Crippen LogP contribution in [0.15, 0.2) is 18.2 Å². The summed E-state index contributed by atoms with van der Waals surface area (Å²) >= 11 is 12.1. The summed E-state index contributed by atoms with van der Waals surface area (Å²) in [4.78, 5) is 42.1. The van der Waals surface area contributed by atoms with Crippen LogP contribution in [0.5, 0.6) is 0 Å². The van der Waals surface area contributed by atoms with E-state index >= 15 is 0 Å². The lowest BCUT2D eigenvalue weighted by Crippen LogP contribution is -2.53. The molecular weight excluding hydrogens is 455 g/mol. The summed E-state index contributed by atoms with van der Waals surface area (Å²) in [6.07, 6.45) is -0.367. The maximum Gasteiger partial charge on any atom is 0.410 e. The Morgan fingerprint density at radius 2 is 1.69 bits per heavy atom. The van der Waals surface area contributed by atoms with Crippen molar-refractivity contribution in [1.29, 1.82) is 0 Å². The number of amides is 3. The molecule has 0 radical (unpaired) electrons. The van der Waals surface area contributed by atoms with Crippen molar-refractivity contribution in [2.24, 2.45) is 0 Å². The number of ether oxygens (including phenoxy) is 1. The van der Waals surface area contributed by atoms with E-state index in [1.807, 2.05) is 27.7 Å². The van der Waals surface area contributed by atoms with Gasteiger partial charge in [-0.3, -0.25) is 14.5 Å². The molecule has 1 saturated heterocycles. The number of hydrogen-bond acceptors (Lipinski definition) is 5. The SMILES string of the molecule is C[C@H](NC(=O)CN(C)CC(=O)N1CCN(C(=O)OC(C)(C)C)CC1)c1ccc(Cl)cc1Cl. The lowest BCUT2D eigenvalue weighted by Gasteiger charge is -2.36. The minimum Gasteiger partial charge on any atom is -0.444 e. The molecule has 2 rings (SSSR count). The molecule has 1 aromatic rings. The Bertz CT molecular complexity index is 836. The summed E-state index contributed by atoms with van der Waals surface area (Å²) < 4.78 is 5.37. The van der Waals surface area contributed by atoms with Gasteiger partial charge in [0.25, 0.3) is 0 Å². The minimum absolute atomic E-state index is 0.0686. The van der Waals surface area contributed by atoms with Gasteiger partial charge in [-0.05, 0) is 52.4 Å². The molecule has 1 heterocycles. The van der Waals surface area contributed by atoms with Crippen molar-refractivity contribution >= 4 is 41.1 Å². The van der Waals surface area contributed by atoms with Gasteiger partial charge in [-0.1, -0.05) is 29.3 Å². The average Bonchev–Trinajstić information content (AvgIpc) is 2.66. The second-order valence-electron chi connectivity index (χ2n) is 8.98. The first kappa shape index (κ1) is 26.2. The normalized spacial score (nSPS) is 15.5. The molecule has 0 bridgehead atoms. The van der Waals surface area contributed by atoms with Crippen LogP contribution in [-0.4, -0.2) is 84.5 Å². The van der Waals surface area contributed by atoms with Crippen LogP contribution < -0.4 is 5.32 Å². The quantitative estimate of drug-likeness (QED) is 0.667. The van der Waals surface area contributed by atoms with Crippen molar-refractivity contribution in [3.8, 4) is 0 Å². The molecule has 3 amide bonds. The molecule has 1 fully saturated rings. The number of rotatable bonds is 6. The molecule has 1 aliphatic heterocycles. The predicted molar refractivity (Wildman–Crippen MR) is 125 cm³/mol. The lowest BCUT2D eigenvalue weighted by atomic mass is 10.1. The second-order valence-corrected chi connectivity index (χ2v) is 9.82. The van der Waals surface area contributed by atoms with Crippen molar-refractivity contribution in [2.45, 2.75) is 39.3 Å². The van der Waals surface area contributed by atoms with Crippen LogP contribution in [0.1, 0.15) is 39.3 Å². The number of nitrogens with one attached hydrogen (secondary N) is 1. The summed E-state index contributed by atoms with van der Waals surface area (Å²) in [6, 6.07) is 4.84. The van der Waals surface area contributed by atoms with Crippen LogP contribution in [0.2, 0.25) is 10.0 Å². The van der Waals surface area contributed by atoms with Crippen LogP contribution in [0, 0.1) is 0 Å². The van der Waals surface area contributed by atoms with E-state index in [2.05, 4.69) is 5.32 Å². The van der Waals surface area contributed by atoms with E-state index in [-0.39, 0.29) is 37.0 Å². The Balaban J connectivity index is 1.77.